The van der Waals surface area contributed by atoms with Crippen molar-refractivity contribution in [3.05, 3.63) is 65.7 Å². The first-order chi connectivity index (χ1) is 17.8. The standard InChI is InChI=1S/C15H20N2O3S.C13H20N2O2/c1-12(18)16-9-7-15(8-10-16)11-17(21(2,19)20)14-6-4-3-5-13(14)15;1-13(2,14)12(16)15-8-9-17-10-11-6-4-3-5-7-11/h3-6H,7-11H2,1-2H3;3-7H,8-10,14H2,1-2H3,(H,15,16). The minimum atomic E-state index is -3.27. The third-order valence-electron chi connectivity index (χ3n) is 6.99. The highest BCUT2D eigenvalue weighted by Crippen LogP contribution is 2.47. The summed E-state index contributed by atoms with van der Waals surface area (Å²) in [6.45, 7) is 8.34. The Kier molecular flexibility index (Phi) is 9.56. The molecule has 10 heteroatoms. The van der Waals surface area contributed by atoms with Gasteiger partial charge in [0.1, 0.15) is 0 Å². The van der Waals surface area contributed by atoms with E-state index >= 15 is 0 Å². The summed E-state index contributed by atoms with van der Waals surface area (Å²) in [5, 5.41) is 2.72. The number of rotatable bonds is 7. The molecule has 0 aliphatic carbocycles. The number of hydrogen-bond acceptors (Lipinski definition) is 6. The number of para-hydroxylation sites is 1. The second-order valence-electron chi connectivity index (χ2n) is 10.6. The van der Waals surface area contributed by atoms with Crippen molar-refractivity contribution in [1.29, 1.82) is 0 Å². The van der Waals surface area contributed by atoms with Crippen LogP contribution in [-0.4, -0.2) is 69.7 Å². The zero-order valence-electron chi connectivity index (χ0n) is 22.8. The van der Waals surface area contributed by atoms with Crippen molar-refractivity contribution in [2.45, 2.75) is 51.2 Å². The van der Waals surface area contributed by atoms with Crippen LogP contribution in [0, 0.1) is 0 Å². The van der Waals surface area contributed by atoms with Gasteiger partial charge in [-0.3, -0.25) is 13.9 Å². The maximum atomic E-state index is 12.1. The van der Waals surface area contributed by atoms with E-state index in [9.17, 15) is 18.0 Å². The molecule has 2 aromatic rings. The Hall–Kier alpha value is -2.95. The van der Waals surface area contributed by atoms with Crippen LogP contribution in [0.2, 0.25) is 0 Å². The van der Waals surface area contributed by atoms with E-state index in [1.807, 2.05) is 59.5 Å². The third-order valence-corrected chi connectivity index (χ3v) is 8.11. The summed E-state index contributed by atoms with van der Waals surface area (Å²) in [7, 11) is -3.27. The van der Waals surface area contributed by atoms with Crippen LogP contribution in [0.1, 0.15) is 44.7 Å². The predicted molar refractivity (Wildman–Crippen MR) is 149 cm³/mol. The smallest absolute Gasteiger partial charge is 0.239 e. The molecule has 1 saturated heterocycles. The van der Waals surface area contributed by atoms with Gasteiger partial charge in [0.05, 0.1) is 30.7 Å². The molecule has 0 unspecified atom stereocenters. The first-order valence-corrected chi connectivity index (χ1v) is 14.7. The van der Waals surface area contributed by atoms with E-state index in [-0.39, 0.29) is 17.2 Å². The van der Waals surface area contributed by atoms with Gasteiger partial charge >= 0.3 is 0 Å². The molecule has 2 aliphatic rings. The lowest BCUT2D eigenvalue weighted by Crippen LogP contribution is -2.49. The Morgan fingerprint density at radius 3 is 2.24 bits per heavy atom. The Labute approximate surface area is 226 Å². The molecule has 1 spiro atoms. The number of nitrogens with two attached hydrogens (primary N) is 1. The maximum absolute atomic E-state index is 12.1. The van der Waals surface area contributed by atoms with E-state index in [1.54, 1.807) is 20.8 Å². The van der Waals surface area contributed by atoms with Gasteiger partial charge in [0.2, 0.25) is 21.8 Å². The number of carbonyl (C=O) groups excluding carboxylic acids is 2. The van der Waals surface area contributed by atoms with Crippen molar-refractivity contribution < 1.29 is 22.7 Å². The lowest BCUT2D eigenvalue weighted by Gasteiger charge is -2.39. The average Bonchev–Trinajstić information content (AvgIpc) is 3.19. The number of nitrogens with zero attached hydrogens (tertiary/aromatic N) is 2. The molecule has 0 aromatic heterocycles. The van der Waals surface area contributed by atoms with Crippen molar-refractivity contribution in [1.82, 2.24) is 10.2 Å². The number of piperidine rings is 1. The lowest BCUT2D eigenvalue weighted by molar-refractivity contribution is -0.130. The molecule has 2 aromatic carbocycles. The molecule has 2 heterocycles. The fourth-order valence-corrected chi connectivity index (χ4v) is 5.78. The number of anilines is 1. The Morgan fingerprint density at radius 2 is 1.66 bits per heavy atom. The number of amides is 2. The van der Waals surface area contributed by atoms with Gasteiger partial charge in [-0.1, -0.05) is 48.5 Å². The molecule has 9 nitrogen and oxygen atoms in total. The molecule has 4 rings (SSSR count). The fraction of sp³-hybridized carbons (Fsp3) is 0.500. The number of nitrogens with one attached hydrogen (secondary N) is 1. The molecule has 2 amide bonds. The van der Waals surface area contributed by atoms with Crippen molar-refractivity contribution in [2.75, 3.05) is 43.3 Å². The van der Waals surface area contributed by atoms with Crippen LogP contribution in [0.25, 0.3) is 0 Å². The highest BCUT2D eigenvalue weighted by Gasteiger charge is 2.47. The summed E-state index contributed by atoms with van der Waals surface area (Å²) in [5.74, 6) is -0.0723. The summed E-state index contributed by atoms with van der Waals surface area (Å²) < 4.78 is 31.1. The van der Waals surface area contributed by atoms with E-state index in [0.29, 0.717) is 39.4 Å². The quantitative estimate of drug-likeness (QED) is 0.516. The maximum Gasteiger partial charge on any atom is 0.239 e. The van der Waals surface area contributed by atoms with Crippen molar-refractivity contribution in [2.24, 2.45) is 5.73 Å². The summed E-state index contributed by atoms with van der Waals surface area (Å²) in [5.41, 5.74) is 7.69. The lowest BCUT2D eigenvalue weighted by atomic mass is 9.74. The zero-order chi connectivity index (χ0) is 28.0. The first kappa shape index (κ1) is 29.6. The van der Waals surface area contributed by atoms with Gasteiger partial charge in [0, 0.05) is 38.5 Å². The van der Waals surface area contributed by atoms with Crippen LogP contribution in [0.3, 0.4) is 0 Å². The molecule has 38 heavy (non-hydrogen) atoms. The van der Waals surface area contributed by atoms with Gasteiger partial charge < -0.3 is 20.7 Å². The van der Waals surface area contributed by atoms with Gasteiger partial charge in [-0.15, -0.1) is 0 Å². The largest absolute Gasteiger partial charge is 0.375 e. The highest BCUT2D eigenvalue weighted by atomic mass is 32.2. The summed E-state index contributed by atoms with van der Waals surface area (Å²) >= 11 is 0. The summed E-state index contributed by atoms with van der Waals surface area (Å²) in [4.78, 5) is 24.7. The summed E-state index contributed by atoms with van der Waals surface area (Å²) in [6, 6.07) is 17.7. The normalized spacial score (nSPS) is 16.4. The van der Waals surface area contributed by atoms with Crippen LogP contribution in [0.5, 0.6) is 0 Å². The molecular formula is C28H40N4O5S. The Morgan fingerprint density at radius 1 is 1.05 bits per heavy atom. The first-order valence-electron chi connectivity index (χ1n) is 12.9. The minimum absolute atomic E-state index is 0.0936. The van der Waals surface area contributed by atoms with Crippen LogP contribution in [-0.2, 0) is 36.4 Å². The van der Waals surface area contributed by atoms with E-state index in [0.717, 1.165) is 29.7 Å². The molecule has 2 aliphatic heterocycles. The van der Waals surface area contributed by atoms with E-state index in [1.165, 1.54) is 10.6 Å². The monoisotopic (exact) mass is 544 g/mol. The van der Waals surface area contributed by atoms with Crippen molar-refractivity contribution >= 4 is 27.5 Å². The molecule has 0 radical (unpaired) electrons. The molecule has 208 valence electrons. The second kappa shape index (κ2) is 12.3. The van der Waals surface area contributed by atoms with Gasteiger partial charge in [-0.25, -0.2) is 8.42 Å². The molecule has 0 saturated carbocycles. The number of benzene rings is 2. The molecule has 0 atom stereocenters. The number of likely N-dealkylation sites (tertiary alicyclic amines) is 1. The third kappa shape index (κ3) is 7.55. The average molecular weight is 545 g/mol. The van der Waals surface area contributed by atoms with Gasteiger partial charge in [-0.05, 0) is 43.9 Å². The van der Waals surface area contributed by atoms with E-state index in [4.69, 9.17) is 10.5 Å². The van der Waals surface area contributed by atoms with Gasteiger partial charge in [0.15, 0.2) is 0 Å². The SMILES string of the molecule is CC(=O)N1CCC2(CC1)CN(S(C)(=O)=O)c1ccccc12.CC(C)(N)C(=O)NCCOCc1ccccc1. The Balaban J connectivity index is 0.000000216. The number of carbonyl (C=O) groups is 2. The zero-order valence-corrected chi connectivity index (χ0v) is 23.6. The van der Waals surface area contributed by atoms with Crippen LogP contribution >= 0.6 is 0 Å². The number of fused-ring (bicyclic) bond motifs is 2. The van der Waals surface area contributed by atoms with Gasteiger partial charge in [-0.2, -0.15) is 0 Å². The topological polar surface area (TPSA) is 122 Å². The Bertz CT molecular complexity index is 1200. The van der Waals surface area contributed by atoms with Crippen LogP contribution in [0.4, 0.5) is 5.69 Å². The molecule has 3 N–H and O–H groups in total. The molecule has 1 fully saturated rings. The summed E-state index contributed by atoms with van der Waals surface area (Å²) in [6.07, 6.45) is 2.89. The highest BCUT2D eigenvalue weighted by molar-refractivity contribution is 7.92. The van der Waals surface area contributed by atoms with E-state index < -0.39 is 15.6 Å². The van der Waals surface area contributed by atoms with Crippen molar-refractivity contribution in [3.63, 3.8) is 0 Å². The second-order valence-corrected chi connectivity index (χ2v) is 12.5. The molecular weight excluding hydrogens is 504 g/mol. The number of sulfonamides is 1. The predicted octanol–water partition coefficient (Wildman–Crippen LogP) is 2.40. The fourth-order valence-electron chi connectivity index (χ4n) is 4.79. The van der Waals surface area contributed by atoms with Crippen LogP contribution < -0.4 is 15.4 Å². The van der Waals surface area contributed by atoms with Gasteiger partial charge in [0.25, 0.3) is 0 Å². The minimum Gasteiger partial charge on any atom is -0.375 e. The van der Waals surface area contributed by atoms with Crippen LogP contribution in [0.15, 0.2) is 54.6 Å². The number of ether oxygens (including phenoxy) is 1. The number of hydrogen-bond donors (Lipinski definition) is 2. The van der Waals surface area contributed by atoms with Crippen molar-refractivity contribution in [3.8, 4) is 0 Å². The molecule has 0 bridgehead atoms. The van der Waals surface area contributed by atoms with E-state index in [2.05, 4.69) is 5.32 Å².